The van der Waals surface area contributed by atoms with E-state index in [0.29, 0.717) is 15.7 Å². The number of hydrogen-bond acceptors (Lipinski definition) is 7. The number of thioether (sulfide) groups is 1. The van der Waals surface area contributed by atoms with Gasteiger partial charge in [0.25, 0.3) is 5.89 Å². The van der Waals surface area contributed by atoms with Crippen molar-refractivity contribution in [3.05, 3.63) is 65.6 Å². The molecule has 0 unspecified atom stereocenters. The van der Waals surface area contributed by atoms with E-state index in [1.807, 2.05) is 24.4 Å². The van der Waals surface area contributed by atoms with Gasteiger partial charge in [-0.05, 0) is 36.8 Å². The molecule has 2 aromatic carbocycles. The van der Waals surface area contributed by atoms with Gasteiger partial charge in [-0.25, -0.2) is 0 Å². The molecule has 0 bridgehead atoms. The number of nitrogens with one attached hydrogen (secondary N) is 1. The topological polar surface area (TPSA) is 102 Å². The molecule has 0 saturated heterocycles. The number of Topliss-reactive ketones (excluding diaryl/α,β-unsaturated/α-hetero) is 1. The Hall–Kier alpha value is -3.43. The first-order valence-corrected chi connectivity index (χ1v) is 13.3. The Morgan fingerprint density at radius 1 is 1.03 bits per heavy atom. The second kappa shape index (κ2) is 11.1. The summed E-state index contributed by atoms with van der Waals surface area (Å²) in [7, 11) is 0. The average molecular weight is 521 g/mol. The second-order valence-corrected chi connectivity index (χ2v) is 9.78. The minimum absolute atomic E-state index is 0.0293. The van der Waals surface area contributed by atoms with E-state index in [0.717, 1.165) is 48.1 Å². The summed E-state index contributed by atoms with van der Waals surface area (Å²) in [6.07, 6.45) is 6.44. The first-order chi connectivity index (χ1) is 17.6. The maximum Gasteiger partial charge on any atom is 0.285 e. The standard InChI is InChI=1S/C26H25ClN6O2S/c1-2-3-4-7-14-33-23(20-15-28-21-9-6-5-8-19(20)21)29-32-26(33)36-16-22(34)25-31-30-24(35-25)17-10-12-18(27)13-11-17/h5-6,8-13,15,28H,2-4,7,14,16H2,1H3. The zero-order valence-electron chi connectivity index (χ0n) is 19.8. The van der Waals surface area contributed by atoms with Crippen molar-refractivity contribution in [3.8, 4) is 22.8 Å². The SMILES string of the molecule is CCCCCCn1c(SCC(=O)c2nnc(-c3ccc(Cl)cc3)o2)nnc1-c1c[nH]c2ccccc12. The third kappa shape index (κ3) is 5.22. The van der Waals surface area contributed by atoms with E-state index in [9.17, 15) is 4.79 Å². The summed E-state index contributed by atoms with van der Waals surface area (Å²) >= 11 is 7.27. The Bertz CT molecular complexity index is 1470. The van der Waals surface area contributed by atoms with Crippen LogP contribution in [0.1, 0.15) is 43.3 Å². The number of nitrogens with zero attached hydrogens (tertiary/aromatic N) is 5. The molecule has 3 aromatic heterocycles. The first kappa shape index (κ1) is 24.3. The number of H-pyrrole nitrogens is 1. The molecule has 0 saturated carbocycles. The Balaban J connectivity index is 1.34. The van der Waals surface area contributed by atoms with E-state index >= 15 is 0 Å². The number of unbranched alkanes of at least 4 members (excludes halogenated alkanes) is 3. The Labute approximate surface area is 217 Å². The fourth-order valence-electron chi connectivity index (χ4n) is 3.99. The van der Waals surface area contributed by atoms with Crippen LogP contribution in [0.15, 0.2) is 64.3 Å². The molecule has 1 N–H and O–H groups in total. The lowest BCUT2D eigenvalue weighted by molar-refractivity contribution is 0.0986. The normalized spacial score (nSPS) is 11.4. The van der Waals surface area contributed by atoms with Crippen LogP contribution >= 0.6 is 23.4 Å². The number of benzene rings is 2. The Morgan fingerprint density at radius 2 is 1.86 bits per heavy atom. The molecule has 0 radical (unpaired) electrons. The van der Waals surface area contributed by atoms with Crippen molar-refractivity contribution in [1.29, 1.82) is 0 Å². The molecule has 0 aliphatic carbocycles. The van der Waals surface area contributed by atoms with Crippen molar-refractivity contribution >= 4 is 40.0 Å². The molecule has 0 spiro atoms. The average Bonchev–Trinajstić information content (AvgIpc) is 3.64. The number of aromatic nitrogens is 6. The molecule has 8 nitrogen and oxygen atoms in total. The maximum absolute atomic E-state index is 12.8. The molecule has 0 aliphatic heterocycles. The summed E-state index contributed by atoms with van der Waals surface area (Å²) in [6.45, 7) is 2.97. The summed E-state index contributed by atoms with van der Waals surface area (Å²) in [6, 6.07) is 15.1. The van der Waals surface area contributed by atoms with Crippen molar-refractivity contribution in [1.82, 2.24) is 29.9 Å². The third-order valence-electron chi connectivity index (χ3n) is 5.87. The van der Waals surface area contributed by atoms with Gasteiger partial charge < -0.3 is 14.0 Å². The summed E-state index contributed by atoms with van der Waals surface area (Å²) in [5, 5.41) is 19.3. The molecule has 0 aliphatic rings. The van der Waals surface area contributed by atoms with E-state index in [2.05, 4.69) is 42.9 Å². The highest BCUT2D eigenvalue weighted by atomic mass is 35.5. The van der Waals surface area contributed by atoms with Gasteiger partial charge in [0.15, 0.2) is 11.0 Å². The largest absolute Gasteiger partial charge is 0.414 e. The number of rotatable bonds is 11. The molecule has 5 aromatic rings. The van der Waals surface area contributed by atoms with Crippen molar-refractivity contribution in [2.45, 2.75) is 44.3 Å². The third-order valence-corrected chi connectivity index (χ3v) is 7.09. The summed E-state index contributed by atoms with van der Waals surface area (Å²) in [5.41, 5.74) is 2.75. The van der Waals surface area contributed by atoms with Crippen LogP contribution in [0.25, 0.3) is 33.7 Å². The lowest BCUT2D eigenvalue weighted by Crippen LogP contribution is -2.07. The molecule has 0 atom stereocenters. The molecule has 3 heterocycles. The number of fused-ring (bicyclic) bond motifs is 1. The van der Waals surface area contributed by atoms with Gasteiger partial charge in [-0.15, -0.1) is 20.4 Å². The molecule has 184 valence electrons. The highest BCUT2D eigenvalue weighted by Gasteiger charge is 2.21. The predicted molar refractivity (Wildman–Crippen MR) is 141 cm³/mol. The molecular weight excluding hydrogens is 496 g/mol. The van der Waals surface area contributed by atoms with Crippen molar-refractivity contribution in [2.75, 3.05) is 5.75 Å². The second-order valence-electron chi connectivity index (χ2n) is 8.40. The number of hydrogen-bond donors (Lipinski definition) is 1. The number of aromatic amines is 1. The van der Waals surface area contributed by atoms with E-state index in [4.69, 9.17) is 16.0 Å². The van der Waals surface area contributed by atoms with Crippen LogP contribution in [0, 0.1) is 0 Å². The van der Waals surface area contributed by atoms with Crippen LogP contribution in [0.3, 0.4) is 0 Å². The van der Waals surface area contributed by atoms with Gasteiger partial charge in [0.05, 0.1) is 5.75 Å². The van der Waals surface area contributed by atoms with Gasteiger partial charge in [-0.3, -0.25) is 4.79 Å². The van der Waals surface area contributed by atoms with Crippen molar-refractivity contribution in [2.24, 2.45) is 0 Å². The Kier molecular flexibility index (Phi) is 7.48. The lowest BCUT2D eigenvalue weighted by Gasteiger charge is -2.09. The molecule has 36 heavy (non-hydrogen) atoms. The zero-order valence-corrected chi connectivity index (χ0v) is 21.3. The van der Waals surface area contributed by atoms with Crippen molar-refractivity contribution < 1.29 is 9.21 Å². The molecule has 0 fully saturated rings. The van der Waals surface area contributed by atoms with Gasteiger partial charge in [-0.1, -0.05) is 67.7 Å². The molecule has 10 heteroatoms. The minimum Gasteiger partial charge on any atom is -0.414 e. The van der Waals surface area contributed by atoms with Crippen LogP contribution < -0.4 is 0 Å². The van der Waals surface area contributed by atoms with Crippen LogP contribution in [0.5, 0.6) is 0 Å². The van der Waals surface area contributed by atoms with E-state index < -0.39 is 0 Å². The zero-order chi connectivity index (χ0) is 24.9. The fraction of sp³-hybridized carbons (Fsp3) is 0.269. The van der Waals surface area contributed by atoms with Crippen LogP contribution in [-0.4, -0.2) is 41.5 Å². The van der Waals surface area contributed by atoms with Crippen LogP contribution in [0.4, 0.5) is 0 Å². The summed E-state index contributed by atoms with van der Waals surface area (Å²) in [5.74, 6) is 0.895. The minimum atomic E-state index is -0.262. The first-order valence-electron chi connectivity index (χ1n) is 11.9. The van der Waals surface area contributed by atoms with E-state index in [1.165, 1.54) is 18.2 Å². The van der Waals surface area contributed by atoms with Gasteiger partial charge in [0, 0.05) is 39.8 Å². The smallest absolute Gasteiger partial charge is 0.285 e. The van der Waals surface area contributed by atoms with E-state index in [1.54, 1.807) is 24.3 Å². The number of carbonyl (C=O) groups excluding carboxylic acids is 1. The highest BCUT2D eigenvalue weighted by Crippen LogP contribution is 2.31. The molecule has 0 amide bonds. The van der Waals surface area contributed by atoms with Crippen LogP contribution in [0.2, 0.25) is 5.02 Å². The van der Waals surface area contributed by atoms with Gasteiger partial charge in [-0.2, -0.15) is 0 Å². The number of ketones is 1. The quantitative estimate of drug-likeness (QED) is 0.118. The van der Waals surface area contributed by atoms with Crippen molar-refractivity contribution in [3.63, 3.8) is 0 Å². The monoisotopic (exact) mass is 520 g/mol. The van der Waals surface area contributed by atoms with Crippen LogP contribution in [-0.2, 0) is 6.54 Å². The van der Waals surface area contributed by atoms with E-state index in [-0.39, 0.29) is 23.3 Å². The number of para-hydroxylation sites is 1. The highest BCUT2D eigenvalue weighted by molar-refractivity contribution is 7.99. The lowest BCUT2D eigenvalue weighted by atomic mass is 10.1. The van der Waals surface area contributed by atoms with Gasteiger partial charge in [0.2, 0.25) is 11.7 Å². The number of carbonyl (C=O) groups is 1. The summed E-state index contributed by atoms with van der Waals surface area (Å²) < 4.78 is 7.73. The predicted octanol–water partition coefficient (Wildman–Crippen LogP) is 6.69. The summed E-state index contributed by atoms with van der Waals surface area (Å²) in [4.78, 5) is 16.2. The maximum atomic E-state index is 12.8. The fourth-order valence-corrected chi connectivity index (χ4v) is 4.93. The van der Waals surface area contributed by atoms with Gasteiger partial charge in [0.1, 0.15) is 0 Å². The Morgan fingerprint density at radius 3 is 2.69 bits per heavy atom. The van der Waals surface area contributed by atoms with Gasteiger partial charge >= 0.3 is 0 Å². The molecule has 5 rings (SSSR count). The molecular formula is C26H25ClN6O2S. The number of halogens is 1.